The third-order valence-corrected chi connectivity index (χ3v) is 4.82. The van der Waals surface area contributed by atoms with Crippen molar-refractivity contribution >= 4 is 5.97 Å². The number of hydrogen-bond acceptors (Lipinski definition) is 3. The minimum absolute atomic E-state index is 0.310. The van der Waals surface area contributed by atoms with Crippen molar-refractivity contribution in [2.75, 3.05) is 7.11 Å². The van der Waals surface area contributed by atoms with Crippen LogP contribution in [0.2, 0.25) is 0 Å². The molecule has 0 aromatic heterocycles. The predicted octanol–water partition coefficient (Wildman–Crippen LogP) is 4.52. The molecule has 1 N–H and O–H groups in total. The highest BCUT2D eigenvalue weighted by atomic mass is 16.5. The number of methoxy groups -OCH3 is 1. The van der Waals surface area contributed by atoms with Gasteiger partial charge in [0.15, 0.2) is 0 Å². The molecule has 0 atom stereocenters. The van der Waals surface area contributed by atoms with Crippen molar-refractivity contribution < 1.29 is 9.53 Å². The van der Waals surface area contributed by atoms with Crippen LogP contribution in [0.15, 0.2) is 91.0 Å². The Morgan fingerprint density at radius 1 is 0.704 bits per heavy atom. The molecule has 138 valence electrons. The average molecular weight is 359 g/mol. The van der Waals surface area contributed by atoms with Gasteiger partial charge in [-0.15, -0.1) is 0 Å². The van der Waals surface area contributed by atoms with Crippen LogP contribution in [0.25, 0.3) is 0 Å². The van der Waals surface area contributed by atoms with Crippen LogP contribution in [0.1, 0.15) is 30.5 Å². The van der Waals surface area contributed by atoms with Crippen molar-refractivity contribution in [1.82, 2.24) is 5.32 Å². The van der Waals surface area contributed by atoms with Crippen molar-refractivity contribution in [3.8, 4) is 0 Å². The molecular weight excluding hydrogens is 334 g/mol. The summed E-state index contributed by atoms with van der Waals surface area (Å²) in [5, 5.41) is 3.63. The molecule has 0 aliphatic carbocycles. The fraction of sp³-hybridized carbons (Fsp3) is 0.208. The van der Waals surface area contributed by atoms with Crippen molar-refractivity contribution in [3.63, 3.8) is 0 Å². The maximum absolute atomic E-state index is 12.5. The Kier molecular flexibility index (Phi) is 5.43. The van der Waals surface area contributed by atoms with Crippen LogP contribution in [0.3, 0.4) is 0 Å². The zero-order valence-electron chi connectivity index (χ0n) is 16.0. The van der Waals surface area contributed by atoms with Gasteiger partial charge in [-0.2, -0.15) is 0 Å². The Balaban J connectivity index is 2.31. The van der Waals surface area contributed by atoms with Gasteiger partial charge in [0.25, 0.3) is 0 Å². The maximum Gasteiger partial charge on any atom is 0.325 e. The summed E-state index contributed by atoms with van der Waals surface area (Å²) in [6.45, 7) is 3.70. The topological polar surface area (TPSA) is 38.3 Å². The van der Waals surface area contributed by atoms with Crippen LogP contribution in [-0.2, 0) is 15.1 Å². The lowest BCUT2D eigenvalue weighted by atomic mass is 9.75. The van der Waals surface area contributed by atoms with E-state index in [4.69, 9.17) is 4.74 Å². The van der Waals surface area contributed by atoms with Gasteiger partial charge in [0, 0.05) is 0 Å². The SMILES string of the molecule is COC(=O)C(C)(C)NC(c1ccccc1)(c1ccccc1)c1ccccc1. The number of ether oxygens (including phenoxy) is 1. The van der Waals surface area contributed by atoms with Gasteiger partial charge in [-0.3, -0.25) is 10.1 Å². The first-order valence-corrected chi connectivity index (χ1v) is 9.05. The van der Waals surface area contributed by atoms with Gasteiger partial charge in [0.1, 0.15) is 5.54 Å². The lowest BCUT2D eigenvalue weighted by molar-refractivity contribution is -0.147. The smallest absolute Gasteiger partial charge is 0.325 e. The van der Waals surface area contributed by atoms with E-state index >= 15 is 0 Å². The highest BCUT2D eigenvalue weighted by Gasteiger charge is 2.43. The third kappa shape index (κ3) is 3.64. The molecule has 0 unspecified atom stereocenters. The summed E-state index contributed by atoms with van der Waals surface area (Å²) in [6, 6.07) is 30.6. The molecule has 3 rings (SSSR count). The van der Waals surface area contributed by atoms with Gasteiger partial charge in [0.05, 0.1) is 12.6 Å². The Bertz CT molecular complexity index is 777. The minimum Gasteiger partial charge on any atom is -0.468 e. The molecule has 3 nitrogen and oxygen atoms in total. The second-order valence-electron chi connectivity index (χ2n) is 7.09. The summed E-state index contributed by atoms with van der Waals surface area (Å²) in [7, 11) is 1.42. The zero-order chi connectivity index (χ0) is 19.3. The number of carbonyl (C=O) groups excluding carboxylic acids is 1. The Hall–Kier alpha value is -2.91. The van der Waals surface area contributed by atoms with E-state index in [1.165, 1.54) is 7.11 Å². The van der Waals surface area contributed by atoms with E-state index in [0.29, 0.717) is 0 Å². The summed E-state index contributed by atoms with van der Waals surface area (Å²) in [4.78, 5) is 12.5. The number of benzene rings is 3. The number of hydrogen-bond donors (Lipinski definition) is 1. The lowest BCUT2D eigenvalue weighted by Crippen LogP contribution is -2.58. The number of carbonyl (C=O) groups is 1. The molecule has 3 heteroatoms. The van der Waals surface area contributed by atoms with Crippen molar-refractivity contribution in [2.24, 2.45) is 0 Å². The van der Waals surface area contributed by atoms with Gasteiger partial charge < -0.3 is 4.74 Å². The first-order chi connectivity index (χ1) is 13.0. The van der Waals surface area contributed by atoms with E-state index in [0.717, 1.165) is 16.7 Å². The van der Waals surface area contributed by atoms with Crippen LogP contribution in [0, 0.1) is 0 Å². The lowest BCUT2D eigenvalue weighted by Gasteiger charge is -2.42. The fourth-order valence-corrected chi connectivity index (χ4v) is 3.56. The van der Waals surface area contributed by atoms with Crippen LogP contribution < -0.4 is 5.32 Å². The molecule has 0 saturated carbocycles. The first kappa shape index (κ1) is 18.9. The molecule has 0 fully saturated rings. The summed E-state index contributed by atoms with van der Waals surface area (Å²) >= 11 is 0. The Morgan fingerprint density at radius 3 is 1.33 bits per heavy atom. The molecule has 0 spiro atoms. The van der Waals surface area contributed by atoms with Crippen LogP contribution in [-0.4, -0.2) is 18.6 Å². The second-order valence-corrected chi connectivity index (χ2v) is 7.09. The third-order valence-electron chi connectivity index (χ3n) is 4.82. The summed E-state index contributed by atoms with van der Waals surface area (Å²) in [5.74, 6) is -0.310. The summed E-state index contributed by atoms with van der Waals surface area (Å²) in [5.41, 5.74) is 1.55. The molecule has 0 aliphatic heterocycles. The summed E-state index contributed by atoms with van der Waals surface area (Å²) in [6.07, 6.45) is 0. The molecule has 0 radical (unpaired) electrons. The number of rotatable bonds is 6. The van der Waals surface area contributed by atoms with Crippen molar-refractivity contribution in [1.29, 1.82) is 0 Å². The summed E-state index contributed by atoms with van der Waals surface area (Å²) < 4.78 is 5.07. The monoisotopic (exact) mass is 359 g/mol. The largest absolute Gasteiger partial charge is 0.468 e. The van der Waals surface area contributed by atoms with Gasteiger partial charge in [-0.1, -0.05) is 91.0 Å². The highest BCUT2D eigenvalue weighted by molar-refractivity contribution is 5.80. The molecule has 3 aromatic rings. The van der Waals surface area contributed by atoms with Gasteiger partial charge in [-0.05, 0) is 30.5 Å². The van der Waals surface area contributed by atoms with E-state index in [2.05, 4.69) is 41.7 Å². The van der Waals surface area contributed by atoms with Crippen molar-refractivity contribution in [2.45, 2.75) is 24.9 Å². The van der Waals surface area contributed by atoms with Crippen molar-refractivity contribution in [3.05, 3.63) is 108 Å². The molecule has 0 saturated heterocycles. The van der Waals surface area contributed by atoms with Crippen LogP contribution in [0.4, 0.5) is 0 Å². The highest BCUT2D eigenvalue weighted by Crippen LogP contribution is 2.38. The normalized spacial score (nSPS) is 11.8. The van der Waals surface area contributed by atoms with Crippen LogP contribution >= 0.6 is 0 Å². The minimum atomic E-state index is -0.906. The molecule has 3 aromatic carbocycles. The Labute approximate surface area is 161 Å². The Morgan fingerprint density at radius 2 is 1.04 bits per heavy atom. The number of esters is 1. The van der Waals surface area contributed by atoms with E-state index in [9.17, 15) is 4.79 Å². The second kappa shape index (κ2) is 7.77. The zero-order valence-corrected chi connectivity index (χ0v) is 16.0. The van der Waals surface area contributed by atoms with Gasteiger partial charge in [-0.25, -0.2) is 0 Å². The van der Waals surface area contributed by atoms with Crippen LogP contribution in [0.5, 0.6) is 0 Å². The average Bonchev–Trinajstić information content (AvgIpc) is 2.73. The molecule has 0 bridgehead atoms. The molecule has 0 aliphatic rings. The van der Waals surface area contributed by atoms with E-state index < -0.39 is 11.1 Å². The molecule has 0 heterocycles. The molecule has 0 amide bonds. The first-order valence-electron chi connectivity index (χ1n) is 9.05. The quantitative estimate of drug-likeness (QED) is 0.519. The standard InChI is InChI=1S/C24H25NO2/c1-23(2,22(26)27-3)25-24(19-13-7-4-8-14-19,20-15-9-5-10-16-20)21-17-11-6-12-18-21/h4-18,25H,1-3H3. The van der Waals surface area contributed by atoms with E-state index in [1.807, 2.05) is 68.4 Å². The van der Waals surface area contributed by atoms with E-state index in [-0.39, 0.29) is 5.97 Å². The predicted molar refractivity (Wildman–Crippen MR) is 108 cm³/mol. The maximum atomic E-state index is 12.5. The molecular formula is C24H25NO2. The molecule has 27 heavy (non-hydrogen) atoms. The number of nitrogens with one attached hydrogen (secondary N) is 1. The fourth-order valence-electron chi connectivity index (χ4n) is 3.56. The van der Waals surface area contributed by atoms with E-state index in [1.54, 1.807) is 0 Å². The van der Waals surface area contributed by atoms with Gasteiger partial charge in [0.2, 0.25) is 0 Å². The van der Waals surface area contributed by atoms with Gasteiger partial charge >= 0.3 is 5.97 Å².